The van der Waals surface area contributed by atoms with E-state index in [9.17, 15) is 29.1 Å². The van der Waals surface area contributed by atoms with Crippen molar-refractivity contribution < 1.29 is 71.7 Å². The Hall–Kier alpha value is -3.93. The van der Waals surface area contributed by atoms with Gasteiger partial charge in [0.25, 0.3) is 0 Å². The van der Waals surface area contributed by atoms with E-state index in [1.807, 2.05) is 6.07 Å². The average Bonchev–Trinajstić information content (AvgIpc) is 4.27. The van der Waals surface area contributed by atoms with Gasteiger partial charge in [-0.1, -0.05) is 57.7 Å². The maximum absolute atomic E-state index is 14.5. The number of ether oxygens (including phenoxy) is 9. The van der Waals surface area contributed by atoms with E-state index in [0.717, 1.165) is 43.2 Å². The number of methoxy groups -OCH3 is 1. The van der Waals surface area contributed by atoms with Gasteiger partial charge in [-0.05, 0) is 67.4 Å². The number of rotatable bonds is 14. The number of aliphatic hydroxyl groups is 1. The monoisotopic (exact) mass is 1060 g/mol. The molecule has 10 saturated heterocycles. The summed E-state index contributed by atoms with van der Waals surface area (Å²) in [7, 11) is 1.59. The van der Waals surface area contributed by atoms with Crippen LogP contribution in [0.15, 0.2) is 42.5 Å². The number of fused-ring (bicyclic) bond motifs is 6. The van der Waals surface area contributed by atoms with Crippen molar-refractivity contribution in [2.75, 3.05) is 33.3 Å². The molecule has 1 spiro atoms. The lowest BCUT2D eigenvalue weighted by Crippen LogP contribution is -2.61. The van der Waals surface area contributed by atoms with E-state index in [1.54, 1.807) is 31.4 Å². The number of ketones is 1. The van der Waals surface area contributed by atoms with E-state index in [1.165, 1.54) is 0 Å². The minimum atomic E-state index is -1.09. The van der Waals surface area contributed by atoms with Crippen LogP contribution >= 0.6 is 0 Å². The van der Waals surface area contributed by atoms with E-state index >= 15 is 0 Å². The molecule has 10 aliphatic heterocycles. The number of carbonyl (C=O) groups is 5. The van der Waals surface area contributed by atoms with E-state index < -0.39 is 84.5 Å². The van der Waals surface area contributed by atoms with Gasteiger partial charge in [0.1, 0.15) is 42.3 Å². The molecule has 0 saturated carbocycles. The number of nitrogens with two attached hydrogens (primary N) is 1. The predicted molar refractivity (Wildman–Crippen MR) is 272 cm³/mol. The minimum absolute atomic E-state index is 0.00837. The molecule has 20 heteroatoms. The first kappa shape index (κ1) is 55.4. The SMILES string of the molecule is C=C1[C@H](C)C[C@@H]2CC[C@@H]3O[C@@H](CC[C@@]45C[C@H]6OC7C(O[C@H]8CC[C@H](CC(=O)C[C@@H]9[C@@H](OC)[C@@H](C[C@H](O)CNC(=O)CNC(=O)[C@H](Cc%10ccccc%10)NC(=O)CNC(=O)CN)O[C@H]9C[C@H]1O2)O[C@@H]8[C@@H]7O4)[C@H]6O5)CC3(C)C. The summed E-state index contributed by atoms with van der Waals surface area (Å²) in [6.07, 6.45) is 2.52. The van der Waals surface area contributed by atoms with Crippen LogP contribution in [0.4, 0.5) is 0 Å². The number of Topliss-reactive ketones (excluding diaryl/α,β-unsaturated/α-hetero) is 1. The molecule has 420 valence electrons. The Kier molecular flexibility index (Phi) is 17.1. The molecule has 0 radical (unpaired) electrons. The smallest absolute Gasteiger partial charge is 0.243 e. The number of hydrogen-bond acceptors (Lipinski definition) is 16. The van der Waals surface area contributed by atoms with E-state index in [2.05, 4.69) is 48.6 Å². The van der Waals surface area contributed by atoms with Crippen LogP contribution < -0.4 is 27.0 Å². The van der Waals surface area contributed by atoms with Crippen molar-refractivity contribution in [3.05, 3.63) is 48.0 Å². The summed E-state index contributed by atoms with van der Waals surface area (Å²) in [5, 5.41) is 21.8. The normalized spacial score (nSPS) is 40.3. The fraction of sp³-hybridized carbons (Fsp3) is 0.768. The zero-order valence-electron chi connectivity index (χ0n) is 44.5. The highest BCUT2D eigenvalue weighted by Gasteiger charge is 2.69. The molecule has 10 heterocycles. The largest absolute Gasteiger partial charge is 0.391 e. The third-order valence-electron chi connectivity index (χ3n) is 17.9. The third kappa shape index (κ3) is 12.3. The molecule has 7 N–H and O–H groups in total. The van der Waals surface area contributed by atoms with Gasteiger partial charge in [-0.2, -0.15) is 0 Å². The Morgan fingerprint density at radius 1 is 0.776 bits per heavy atom. The van der Waals surface area contributed by atoms with Crippen LogP contribution in [-0.2, 0) is 73.0 Å². The summed E-state index contributed by atoms with van der Waals surface area (Å²) >= 11 is 0. The van der Waals surface area contributed by atoms with Gasteiger partial charge in [0.15, 0.2) is 5.79 Å². The third-order valence-corrected chi connectivity index (χ3v) is 17.9. The van der Waals surface area contributed by atoms with Gasteiger partial charge in [-0.15, -0.1) is 0 Å². The number of carbonyl (C=O) groups excluding carboxylic acids is 5. The van der Waals surface area contributed by atoms with Crippen LogP contribution in [0.2, 0.25) is 0 Å². The van der Waals surface area contributed by atoms with Crippen molar-refractivity contribution in [2.45, 2.75) is 220 Å². The van der Waals surface area contributed by atoms with Gasteiger partial charge in [0, 0.05) is 64.5 Å². The molecule has 1 aromatic rings. The molecule has 4 amide bonds. The number of amides is 4. The topological polar surface area (TPSA) is 263 Å². The molecular weight excluding hydrogens is 983 g/mol. The highest BCUT2D eigenvalue weighted by atomic mass is 16.8. The van der Waals surface area contributed by atoms with Crippen molar-refractivity contribution >= 4 is 29.4 Å². The van der Waals surface area contributed by atoms with Gasteiger partial charge in [0.05, 0.1) is 86.8 Å². The number of hydrogen-bond donors (Lipinski definition) is 6. The number of aliphatic hydroxyl groups excluding tert-OH is 1. The lowest BCUT2D eigenvalue weighted by atomic mass is 9.79. The summed E-state index contributed by atoms with van der Waals surface area (Å²) < 4.78 is 61.1. The summed E-state index contributed by atoms with van der Waals surface area (Å²) in [6.45, 7) is 10.0. The first-order valence-electron chi connectivity index (χ1n) is 28.0. The fourth-order valence-electron chi connectivity index (χ4n) is 14.0. The molecule has 2 unspecified atom stereocenters. The number of benzene rings is 1. The van der Waals surface area contributed by atoms with E-state index in [0.29, 0.717) is 32.1 Å². The second-order valence-electron chi connectivity index (χ2n) is 23.8. The van der Waals surface area contributed by atoms with Gasteiger partial charge in [-0.25, -0.2) is 0 Å². The molecule has 10 fully saturated rings. The van der Waals surface area contributed by atoms with Gasteiger partial charge < -0.3 is 74.7 Å². The average molecular weight is 1060 g/mol. The van der Waals surface area contributed by atoms with Crippen LogP contribution in [0.25, 0.3) is 0 Å². The van der Waals surface area contributed by atoms with Gasteiger partial charge in [0.2, 0.25) is 23.6 Å². The lowest BCUT2D eigenvalue weighted by molar-refractivity contribution is -0.292. The van der Waals surface area contributed by atoms with Crippen LogP contribution in [0.5, 0.6) is 0 Å². The second-order valence-corrected chi connectivity index (χ2v) is 23.8. The van der Waals surface area contributed by atoms with Crippen LogP contribution in [0.1, 0.15) is 110 Å². The first-order chi connectivity index (χ1) is 36.5. The quantitative estimate of drug-likeness (QED) is 0.146. The van der Waals surface area contributed by atoms with E-state index in [-0.39, 0.29) is 123 Å². The van der Waals surface area contributed by atoms with Crippen molar-refractivity contribution in [3.8, 4) is 0 Å². The van der Waals surface area contributed by atoms with Crippen LogP contribution in [0, 0.1) is 17.3 Å². The highest BCUT2D eigenvalue weighted by molar-refractivity contribution is 5.92. The predicted octanol–water partition coefficient (Wildman–Crippen LogP) is 1.98. The molecule has 1 aromatic carbocycles. The summed E-state index contributed by atoms with van der Waals surface area (Å²) in [4.78, 5) is 65.3. The lowest BCUT2D eigenvalue weighted by Gasteiger charge is -2.47. The van der Waals surface area contributed by atoms with Crippen molar-refractivity contribution in [2.24, 2.45) is 23.0 Å². The van der Waals surface area contributed by atoms with Gasteiger partial charge in [-0.3, -0.25) is 24.0 Å². The van der Waals surface area contributed by atoms with E-state index in [4.69, 9.17) is 48.4 Å². The highest BCUT2D eigenvalue weighted by Crippen LogP contribution is 2.55. The zero-order valence-corrected chi connectivity index (χ0v) is 44.5. The maximum atomic E-state index is 14.5. The van der Waals surface area contributed by atoms with Gasteiger partial charge >= 0.3 is 0 Å². The standard InChI is InChI=1S/C56H81N5O15/c1-29-17-34-12-14-44-55(3,4)23-36(70-44)15-16-56-24-43-50(75-56)51-52(74-43)53(76-56)49-39(73-51)13-11-35(71-49)19-32(62)20-37-41(22-40(69-34)30(29)2)72-42(48(37)68-5)21-33(63)26-58-46(65)27-60-54(67)38(18-31-9-7-6-8-10-31)61-47(66)28-59-45(64)25-57/h6-10,29,33-44,48-53,63H,2,11-28,57H2,1,3-5H3,(H,58,65)(H,59,64)(H,60,67)(H,61,66)/t29-,33+,34+,35-,36+,37+,38+,39+,40-,41+,42-,43-,44+,48-,49+,50+,51?,52?,53+,56+/m1/s1. The van der Waals surface area contributed by atoms with Crippen molar-refractivity contribution in [1.82, 2.24) is 21.3 Å². The van der Waals surface area contributed by atoms with Crippen molar-refractivity contribution in [1.29, 1.82) is 0 Å². The summed E-state index contributed by atoms with van der Waals surface area (Å²) in [6, 6.07) is 7.99. The molecule has 0 aromatic heterocycles. The molecule has 20 atom stereocenters. The number of nitrogens with one attached hydrogen (secondary N) is 4. The Labute approximate surface area is 445 Å². The molecular formula is C56H81N5O15. The Bertz CT molecular complexity index is 2270. The van der Waals surface area contributed by atoms with Crippen LogP contribution in [0.3, 0.4) is 0 Å². The molecule has 11 rings (SSSR count). The first-order valence-corrected chi connectivity index (χ1v) is 28.0. The molecule has 12 bridgehead atoms. The van der Waals surface area contributed by atoms with Crippen LogP contribution in [-0.4, -0.2) is 177 Å². The molecule has 20 nitrogen and oxygen atoms in total. The Balaban J connectivity index is 0.808. The summed E-state index contributed by atoms with van der Waals surface area (Å²) in [5.41, 5.74) is 7.04. The van der Waals surface area contributed by atoms with Crippen molar-refractivity contribution in [3.63, 3.8) is 0 Å². The molecule has 10 aliphatic rings. The Morgan fingerprint density at radius 3 is 2.32 bits per heavy atom. The molecule has 0 aliphatic carbocycles. The maximum Gasteiger partial charge on any atom is 0.243 e. The molecule has 76 heavy (non-hydrogen) atoms. The zero-order chi connectivity index (χ0) is 53.5. The Morgan fingerprint density at radius 2 is 1.53 bits per heavy atom. The second kappa shape index (κ2) is 23.4. The summed E-state index contributed by atoms with van der Waals surface area (Å²) in [5.74, 6) is -3.34. The minimum Gasteiger partial charge on any atom is -0.391 e. The fourth-order valence-corrected chi connectivity index (χ4v) is 14.0.